The van der Waals surface area contributed by atoms with Crippen molar-refractivity contribution in [2.24, 2.45) is 0 Å². The van der Waals surface area contributed by atoms with Gasteiger partial charge in [0.2, 0.25) is 0 Å². The van der Waals surface area contributed by atoms with Gasteiger partial charge in [0.25, 0.3) is 0 Å². The molecular weight excluding hydrogens is 220 g/mol. The summed E-state index contributed by atoms with van der Waals surface area (Å²) in [7, 11) is 0. The normalized spacial score (nSPS) is 20.2. The maximum atomic E-state index is 5.84. The van der Waals surface area contributed by atoms with Crippen LogP contribution in [0.5, 0.6) is 0 Å². The van der Waals surface area contributed by atoms with Crippen LogP contribution in [0, 0.1) is 0 Å². The number of nitrogens with one attached hydrogen (secondary N) is 2. The highest BCUT2D eigenvalue weighted by Gasteiger charge is 2.12. The third kappa shape index (κ3) is 3.78. The predicted molar refractivity (Wildman–Crippen MR) is 69.1 cm³/mol. The number of hydrogen-bond acceptors (Lipinski definition) is 2. The Balaban J connectivity index is 1.62. The number of benzene rings is 1. The Morgan fingerprint density at radius 3 is 2.81 bits per heavy atom. The SMILES string of the molecule is Clc1ccc(CCNC[C@@H]2CCCN2)cc1. The molecule has 16 heavy (non-hydrogen) atoms. The Labute approximate surface area is 102 Å². The zero-order valence-electron chi connectivity index (χ0n) is 9.51. The number of hydrogen-bond donors (Lipinski definition) is 2. The molecule has 88 valence electrons. The summed E-state index contributed by atoms with van der Waals surface area (Å²) in [5.74, 6) is 0. The Morgan fingerprint density at radius 1 is 1.31 bits per heavy atom. The largest absolute Gasteiger partial charge is 0.315 e. The van der Waals surface area contributed by atoms with Crippen LogP contribution < -0.4 is 10.6 Å². The van der Waals surface area contributed by atoms with E-state index in [0.29, 0.717) is 6.04 Å². The Kier molecular flexibility index (Phi) is 4.64. The van der Waals surface area contributed by atoms with Gasteiger partial charge in [0, 0.05) is 17.6 Å². The van der Waals surface area contributed by atoms with Crippen LogP contribution in [-0.2, 0) is 6.42 Å². The van der Waals surface area contributed by atoms with E-state index in [9.17, 15) is 0 Å². The molecule has 1 fully saturated rings. The molecule has 0 aliphatic carbocycles. The van der Waals surface area contributed by atoms with Gasteiger partial charge in [-0.1, -0.05) is 23.7 Å². The first-order valence-corrected chi connectivity index (χ1v) is 6.41. The van der Waals surface area contributed by atoms with Crippen molar-refractivity contribution in [3.05, 3.63) is 34.9 Å². The molecule has 1 aromatic rings. The van der Waals surface area contributed by atoms with E-state index < -0.39 is 0 Å². The van der Waals surface area contributed by atoms with E-state index in [0.717, 1.165) is 24.5 Å². The zero-order chi connectivity index (χ0) is 11.2. The minimum atomic E-state index is 0.685. The van der Waals surface area contributed by atoms with Crippen LogP contribution in [0.25, 0.3) is 0 Å². The second-order valence-corrected chi connectivity index (χ2v) is 4.81. The fourth-order valence-electron chi connectivity index (χ4n) is 2.09. The van der Waals surface area contributed by atoms with Gasteiger partial charge in [-0.15, -0.1) is 0 Å². The van der Waals surface area contributed by atoms with E-state index in [2.05, 4.69) is 22.8 Å². The van der Waals surface area contributed by atoms with E-state index in [1.807, 2.05) is 12.1 Å². The molecule has 0 radical (unpaired) electrons. The van der Waals surface area contributed by atoms with E-state index in [-0.39, 0.29) is 0 Å². The van der Waals surface area contributed by atoms with Gasteiger partial charge in [-0.25, -0.2) is 0 Å². The maximum Gasteiger partial charge on any atom is 0.0406 e. The molecule has 0 spiro atoms. The first-order valence-electron chi connectivity index (χ1n) is 6.03. The molecule has 2 rings (SSSR count). The van der Waals surface area contributed by atoms with Crippen molar-refractivity contribution in [2.75, 3.05) is 19.6 Å². The number of rotatable bonds is 5. The van der Waals surface area contributed by atoms with Crippen molar-refractivity contribution in [1.29, 1.82) is 0 Å². The van der Waals surface area contributed by atoms with Gasteiger partial charge in [-0.2, -0.15) is 0 Å². The lowest BCUT2D eigenvalue weighted by Crippen LogP contribution is -2.34. The van der Waals surface area contributed by atoms with Crippen molar-refractivity contribution in [3.63, 3.8) is 0 Å². The van der Waals surface area contributed by atoms with Gasteiger partial charge in [-0.05, 0) is 50.0 Å². The van der Waals surface area contributed by atoms with E-state index in [1.54, 1.807) is 0 Å². The summed E-state index contributed by atoms with van der Waals surface area (Å²) in [4.78, 5) is 0. The molecule has 0 unspecified atom stereocenters. The van der Waals surface area contributed by atoms with Crippen LogP contribution in [0.2, 0.25) is 5.02 Å². The molecule has 1 heterocycles. The molecule has 0 bridgehead atoms. The van der Waals surface area contributed by atoms with E-state index >= 15 is 0 Å². The fourth-order valence-corrected chi connectivity index (χ4v) is 2.22. The minimum Gasteiger partial charge on any atom is -0.315 e. The van der Waals surface area contributed by atoms with Gasteiger partial charge in [0.05, 0.1) is 0 Å². The highest BCUT2D eigenvalue weighted by molar-refractivity contribution is 6.30. The van der Waals surface area contributed by atoms with Crippen LogP contribution >= 0.6 is 11.6 Å². The Morgan fingerprint density at radius 2 is 2.12 bits per heavy atom. The van der Waals surface area contributed by atoms with Crippen LogP contribution in [0.15, 0.2) is 24.3 Å². The minimum absolute atomic E-state index is 0.685. The molecule has 1 aliphatic rings. The van der Waals surface area contributed by atoms with Gasteiger partial charge >= 0.3 is 0 Å². The number of halogens is 1. The van der Waals surface area contributed by atoms with Gasteiger partial charge < -0.3 is 10.6 Å². The lowest BCUT2D eigenvalue weighted by atomic mass is 10.1. The monoisotopic (exact) mass is 238 g/mol. The van der Waals surface area contributed by atoms with Crippen molar-refractivity contribution in [2.45, 2.75) is 25.3 Å². The van der Waals surface area contributed by atoms with E-state index in [4.69, 9.17) is 11.6 Å². The lowest BCUT2D eigenvalue weighted by molar-refractivity contribution is 0.537. The first kappa shape index (κ1) is 11.9. The van der Waals surface area contributed by atoms with Crippen molar-refractivity contribution < 1.29 is 0 Å². The van der Waals surface area contributed by atoms with Gasteiger partial charge in [-0.3, -0.25) is 0 Å². The summed E-state index contributed by atoms with van der Waals surface area (Å²) in [5.41, 5.74) is 1.34. The summed E-state index contributed by atoms with van der Waals surface area (Å²) < 4.78 is 0. The summed E-state index contributed by atoms with van der Waals surface area (Å²) in [6, 6.07) is 8.78. The molecule has 3 heteroatoms. The Bertz CT molecular complexity index is 304. The molecular formula is C13H19ClN2. The summed E-state index contributed by atoms with van der Waals surface area (Å²) in [5, 5.41) is 7.79. The summed E-state index contributed by atoms with van der Waals surface area (Å²) >= 11 is 5.84. The van der Waals surface area contributed by atoms with Gasteiger partial charge in [0.15, 0.2) is 0 Å². The van der Waals surface area contributed by atoms with Crippen LogP contribution in [0.4, 0.5) is 0 Å². The molecule has 0 amide bonds. The standard InChI is InChI=1S/C13H19ClN2/c14-12-5-3-11(4-6-12)7-9-15-10-13-2-1-8-16-13/h3-6,13,15-16H,1-2,7-10H2/t13-/m0/s1. The maximum absolute atomic E-state index is 5.84. The highest BCUT2D eigenvalue weighted by atomic mass is 35.5. The predicted octanol–water partition coefficient (Wildman–Crippen LogP) is 2.22. The van der Waals surface area contributed by atoms with Crippen LogP contribution in [0.3, 0.4) is 0 Å². The molecule has 2 nitrogen and oxygen atoms in total. The Hall–Kier alpha value is -0.570. The zero-order valence-corrected chi connectivity index (χ0v) is 10.3. The molecule has 0 saturated carbocycles. The van der Waals surface area contributed by atoms with Gasteiger partial charge in [0.1, 0.15) is 0 Å². The molecule has 2 N–H and O–H groups in total. The van der Waals surface area contributed by atoms with Crippen LogP contribution in [0.1, 0.15) is 18.4 Å². The molecule has 1 aliphatic heterocycles. The quantitative estimate of drug-likeness (QED) is 0.769. The highest BCUT2D eigenvalue weighted by Crippen LogP contribution is 2.09. The molecule has 1 saturated heterocycles. The average molecular weight is 239 g/mol. The molecule has 1 atom stereocenters. The third-order valence-corrected chi connectivity index (χ3v) is 3.31. The third-order valence-electron chi connectivity index (χ3n) is 3.06. The van der Waals surface area contributed by atoms with Crippen molar-refractivity contribution in [1.82, 2.24) is 10.6 Å². The van der Waals surface area contributed by atoms with Crippen LogP contribution in [-0.4, -0.2) is 25.7 Å². The fraction of sp³-hybridized carbons (Fsp3) is 0.538. The first-order chi connectivity index (χ1) is 7.84. The van der Waals surface area contributed by atoms with E-state index in [1.165, 1.54) is 24.9 Å². The molecule has 1 aromatic carbocycles. The second-order valence-electron chi connectivity index (χ2n) is 4.37. The summed E-state index contributed by atoms with van der Waals surface area (Å²) in [6.45, 7) is 3.32. The van der Waals surface area contributed by atoms with Crippen molar-refractivity contribution >= 4 is 11.6 Å². The smallest absolute Gasteiger partial charge is 0.0406 e. The lowest BCUT2D eigenvalue weighted by Gasteiger charge is -2.11. The molecule has 0 aromatic heterocycles. The second kappa shape index (κ2) is 6.24. The average Bonchev–Trinajstić information content (AvgIpc) is 2.80. The topological polar surface area (TPSA) is 24.1 Å². The summed E-state index contributed by atoms with van der Waals surface area (Å²) in [6.07, 6.45) is 3.71. The van der Waals surface area contributed by atoms with Crippen molar-refractivity contribution in [3.8, 4) is 0 Å².